The van der Waals surface area contributed by atoms with Crippen LogP contribution in [-0.2, 0) is 4.79 Å². The third kappa shape index (κ3) is 3.35. The van der Waals surface area contributed by atoms with Crippen molar-refractivity contribution in [3.8, 4) is 0 Å². The zero-order valence-electron chi connectivity index (χ0n) is 13.0. The third-order valence-corrected chi connectivity index (χ3v) is 4.84. The molecule has 9 heteroatoms. The first-order valence-corrected chi connectivity index (χ1v) is 8.60. The van der Waals surface area contributed by atoms with Gasteiger partial charge in [0, 0.05) is 44.2 Å². The molecule has 1 fully saturated rings. The Morgan fingerprint density at radius 1 is 1.50 bits per heavy atom. The number of piperidine rings is 1. The number of imidazole rings is 1. The highest BCUT2D eigenvalue weighted by Gasteiger charge is 2.28. The zero-order valence-corrected chi connectivity index (χ0v) is 14.5. The number of nitrogens with zero attached hydrogens (tertiary/aromatic N) is 4. The van der Waals surface area contributed by atoms with Crippen molar-refractivity contribution in [1.29, 1.82) is 0 Å². The van der Waals surface area contributed by atoms with E-state index in [1.165, 1.54) is 0 Å². The first-order chi connectivity index (χ1) is 11.5. The predicted molar refractivity (Wildman–Crippen MR) is 88.9 cm³/mol. The molecule has 0 spiro atoms. The summed E-state index contributed by atoms with van der Waals surface area (Å²) >= 11 is 3.40. The van der Waals surface area contributed by atoms with Crippen LogP contribution in [0.1, 0.15) is 37.4 Å². The van der Waals surface area contributed by atoms with Crippen LogP contribution >= 0.6 is 15.9 Å². The van der Waals surface area contributed by atoms with Crippen molar-refractivity contribution in [2.75, 3.05) is 18.8 Å². The number of fused-ring (bicyclic) bond motifs is 1. The average Bonchev–Trinajstić information content (AvgIpc) is 2.91. The molecule has 1 aliphatic heterocycles. The normalized spacial score (nSPS) is 18.5. The fourth-order valence-corrected chi connectivity index (χ4v) is 3.71. The SMILES string of the molecule is Nc1nccn2c(C3CCCN(C(=O)CCC(F)F)C3)nc(Br)c12. The molecule has 24 heavy (non-hydrogen) atoms. The molecule has 6 nitrogen and oxygen atoms in total. The van der Waals surface area contributed by atoms with E-state index in [0.29, 0.717) is 29.0 Å². The quantitative estimate of drug-likeness (QED) is 0.854. The number of likely N-dealkylation sites (tertiary alicyclic amines) is 1. The van der Waals surface area contributed by atoms with Crippen LogP contribution in [0.2, 0.25) is 0 Å². The molecule has 0 saturated carbocycles. The van der Waals surface area contributed by atoms with Crippen LogP contribution in [0.15, 0.2) is 17.0 Å². The molecular weight excluding hydrogens is 384 g/mol. The number of alkyl halides is 2. The molecule has 3 heterocycles. The number of halogens is 3. The van der Waals surface area contributed by atoms with Gasteiger partial charge in [0.15, 0.2) is 5.82 Å². The average molecular weight is 402 g/mol. The lowest BCUT2D eigenvalue weighted by Gasteiger charge is -2.32. The summed E-state index contributed by atoms with van der Waals surface area (Å²) in [4.78, 5) is 22.4. The summed E-state index contributed by atoms with van der Waals surface area (Å²) in [6.07, 6.45) is 2.14. The van der Waals surface area contributed by atoms with Crippen molar-refractivity contribution in [2.45, 2.75) is 38.0 Å². The number of hydrogen-bond acceptors (Lipinski definition) is 4. The highest BCUT2D eigenvalue weighted by atomic mass is 79.9. The summed E-state index contributed by atoms with van der Waals surface area (Å²) < 4.78 is 27.1. The Hall–Kier alpha value is -1.77. The Balaban J connectivity index is 1.80. The largest absolute Gasteiger partial charge is 0.382 e. The van der Waals surface area contributed by atoms with Crippen LogP contribution < -0.4 is 5.73 Å². The maximum atomic E-state index is 12.3. The smallest absolute Gasteiger partial charge is 0.239 e. The van der Waals surface area contributed by atoms with Gasteiger partial charge in [-0.05, 0) is 28.8 Å². The van der Waals surface area contributed by atoms with Crippen LogP contribution in [-0.4, -0.2) is 44.7 Å². The molecule has 3 rings (SSSR count). The minimum absolute atomic E-state index is 0.0369. The van der Waals surface area contributed by atoms with E-state index in [2.05, 4.69) is 25.9 Å². The summed E-state index contributed by atoms with van der Waals surface area (Å²) in [5.74, 6) is 0.997. The Labute approximate surface area is 146 Å². The fraction of sp³-hybridized carbons (Fsp3) is 0.533. The first kappa shape index (κ1) is 17.1. The van der Waals surface area contributed by atoms with Gasteiger partial charge in [0.25, 0.3) is 0 Å². The van der Waals surface area contributed by atoms with Crippen molar-refractivity contribution < 1.29 is 13.6 Å². The van der Waals surface area contributed by atoms with Crippen LogP contribution in [0, 0.1) is 0 Å². The lowest BCUT2D eigenvalue weighted by atomic mass is 9.97. The molecule has 130 valence electrons. The number of carbonyl (C=O) groups excluding carboxylic acids is 1. The van der Waals surface area contributed by atoms with E-state index in [-0.39, 0.29) is 24.7 Å². The number of carbonyl (C=O) groups is 1. The van der Waals surface area contributed by atoms with E-state index in [1.807, 2.05) is 4.40 Å². The van der Waals surface area contributed by atoms with E-state index in [0.717, 1.165) is 18.7 Å². The van der Waals surface area contributed by atoms with E-state index >= 15 is 0 Å². The van der Waals surface area contributed by atoms with Crippen molar-refractivity contribution in [3.63, 3.8) is 0 Å². The molecular formula is C15H18BrF2N5O. The lowest BCUT2D eigenvalue weighted by molar-refractivity contribution is -0.133. The van der Waals surface area contributed by atoms with Gasteiger partial charge in [-0.1, -0.05) is 0 Å². The Morgan fingerprint density at radius 3 is 3.04 bits per heavy atom. The number of hydrogen-bond donors (Lipinski definition) is 1. The van der Waals surface area contributed by atoms with Gasteiger partial charge in [-0.25, -0.2) is 18.7 Å². The van der Waals surface area contributed by atoms with Gasteiger partial charge < -0.3 is 10.6 Å². The second-order valence-corrected chi connectivity index (χ2v) is 6.65. The first-order valence-electron chi connectivity index (χ1n) is 7.81. The monoisotopic (exact) mass is 401 g/mol. The molecule has 0 radical (unpaired) electrons. The number of aromatic nitrogens is 3. The van der Waals surface area contributed by atoms with E-state index in [4.69, 9.17) is 5.73 Å². The molecule has 2 N–H and O–H groups in total. The summed E-state index contributed by atoms with van der Waals surface area (Å²) in [5, 5.41) is 0. The number of anilines is 1. The molecule has 0 bridgehead atoms. The Morgan fingerprint density at radius 2 is 2.29 bits per heavy atom. The predicted octanol–water partition coefficient (Wildman–Crippen LogP) is 2.83. The topological polar surface area (TPSA) is 76.5 Å². The van der Waals surface area contributed by atoms with Crippen LogP contribution in [0.4, 0.5) is 14.6 Å². The van der Waals surface area contributed by atoms with E-state index in [9.17, 15) is 13.6 Å². The van der Waals surface area contributed by atoms with Gasteiger partial charge in [-0.3, -0.25) is 9.20 Å². The Bertz CT molecular complexity index is 751. The molecule has 2 aromatic rings. The molecule has 1 unspecified atom stereocenters. The van der Waals surface area contributed by atoms with Gasteiger partial charge in [0.05, 0.1) is 0 Å². The number of nitrogen functional groups attached to an aromatic ring is 1. The fourth-order valence-electron chi connectivity index (χ4n) is 3.14. The van der Waals surface area contributed by atoms with Gasteiger partial charge in [0.1, 0.15) is 15.9 Å². The molecule has 1 atom stereocenters. The number of amides is 1. The second kappa shape index (κ2) is 7.00. The molecule has 1 saturated heterocycles. The van der Waals surface area contributed by atoms with Gasteiger partial charge in [-0.15, -0.1) is 0 Å². The van der Waals surface area contributed by atoms with Crippen LogP contribution in [0.25, 0.3) is 5.52 Å². The minimum Gasteiger partial charge on any atom is -0.382 e. The van der Waals surface area contributed by atoms with Crippen LogP contribution in [0.3, 0.4) is 0 Å². The van der Waals surface area contributed by atoms with Crippen molar-refractivity contribution in [3.05, 3.63) is 22.8 Å². The summed E-state index contributed by atoms with van der Waals surface area (Å²) in [7, 11) is 0. The minimum atomic E-state index is -2.45. The molecule has 1 amide bonds. The summed E-state index contributed by atoms with van der Waals surface area (Å²) in [6, 6.07) is 0. The maximum absolute atomic E-state index is 12.3. The van der Waals surface area contributed by atoms with Crippen molar-refractivity contribution in [1.82, 2.24) is 19.3 Å². The van der Waals surface area contributed by atoms with Crippen LogP contribution in [0.5, 0.6) is 0 Å². The third-order valence-electron chi connectivity index (χ3n) is 4.28. The molecule has 2 aromatic heterocycles. The maximum Gasteiger partial charge on any atom is 0.239 e. The van der Waals surface area contributed by atoms with E-state index < -0.39 is 6.43 Å². The van der Waals surface area contributed by atoms with Crippen molar-refractivity contribution >= 4 is 33.2 Å². The van der Waals surface area contributed by atoms with Gasteiger partial charge in [0.2, 0.25) is 12.3 Å². The van der Waals surface area contributed by atoms with E-state index in [1.54, 1.807) is 17.3 Å². The lowest BCUT2D eigenvalue weighted by Crippen LogP contribution is -2.39. The highest BCUT2D eigenvalue weighted by Crippen LogP contribution is 2.31. The molecule has 0 aromatic carbocycles. The zero-order chi connectivity index (χ0) is 17.3. The van der Waals surface area contributed by atoms with Crippen molar-refractivity contribution in [2.24, 2.45) is 0 Å². The standard InChI is InChI=1S/C15H18BrF2N5O/c16-13-12-14(19)20-5-7-23(12)15(21-13)9-2-1-6-22(8-9)11(24)4-3-10(17)18/h5,7,9-10H,1-4,6,8H2,(H2,19,20). The second-order valence-electron chi connectivity index (χ2n) is 5.90. The summed E-state index contributed by atoms with van der Waals surface area (Å²) in [5.41, 5.74) is 6.61. The Kier molecular flexibility index (Phi) is 4.98. The summed E-state index contributed by atoms with van der Waals surface area (Å²) in [6.45, 7) is 1.09. The molecule has 1 aliphatic rings. The number of rotatable bonds is 4. The molecule has 0 aliphatic carbocycles. The highest BCUT2D eigenvalue weighted by molar-refractivity contribution is 9.10. The van der Waals surface area contributed by atoms with Gasteiger partial charge >= 0.3 is 0 Å². The van der Waals surface area contributed by atoms with Gasteiger partial charge in [-0.2, -0.15) is 0 Å². The number of nitrogens with two attached hydrogens (primary N) is 1.